The quantitative estimate of drug-likeness (QED) is 0.0169. The van der Waals surface area contributed by atoms with Crippen molar-refractivity contribution in [3.8, 4) is 0 Å². The first kappa shape index (κ1) is 96.0. The number of ether oxygens (including phenoxy) is 4. The van der Waals surface area contributed by atoms with Crippen molar-refractivity contribution < 1.29 is 80.2 Å². The van der Waals surface area contributed by atoms with Crippen molar-refractivity contribution in [2.45, 2.75) is 354 Å². The summed E-state index contributed by atoms with van der Waals surface area (Å²) in [6.07, 6.45) is 76.7. The summed E-state index contributed by atoms with van der Waals surface area (Å²) in [6, 6.07) is 0. The first-order valence-corrected chi connectivity index (χ1v) is 42.5. The molecule has 0 aromatic carbocycles. The highest BCUT2D eigenvalue weighted by molar-refractivity contribution is 7.47. The minimum Gasteiger partial charge on any atom is -0.462 e. The van der Waals surface area contributed by atoms with Crippen LogP contribution in [0.5, 0.6) is 0 Å². The number of carbonyl (C=O) groups excluding carboxylic acids is 4. The van der Waals surface area contributed by atoms with Crippen molar-refractivity contribution in [3.05, 3.63) is 97.2 Å². The molecule has 0 amide bonds. The molecule has 0 aliphatic heterocycles. The summed E-state index contributed by atoms with van der Waals surface area (Å²) in [6.45, 7) is 4.65. The molecule has 0 aliphatic rings. The van der Waals surface area contributed by atoms with Gasteiger partial charge in [0.15, 0.2) is 12.2 Å². The molecule has 0 saturated heterocycles. The van der Waals surface area contributed by atoms with Gasteiger partial charge in [0.05, 0.1) is 26.4 Å². The Kier molecular flexibility index (Phi) is 70.4. The van der Waals surface area contributed by atoms with Crippen LogP contribution in [0.4, 0.5) is 0 Å². The number of aliphatic hydroxyl groups is 1. The van der Waals surface area contributed by atoms with Crippen LogP contribution in [0.3, 0.4) is 0 Å². The lowest BCUT2D eigenvalue weighted by atomic mass is 10.1. The molecule has 0 spiro atoms. The number of hydrogen-bond donors (Lipinski definition) is 3. The Labute approximate surface area is 607 Å². The molecule has 0 heterocycles. The van der Waals surface area contributed by atoms with Crippen LogP contribution in [0.1, 0.15) is 336 Å². The lowest BCUT2D eigenvalue weighted by Crippen LogP contribution is -2.30. The summed E-state index contributed by atoms with van der Waals surface area (Å²) < 4.78 is 68.5. The van der Waals surface area contributed by atoms with E-state index in [0.29, 0.717) is 25.7 Å². The molecule has 0 bridgehead atoms. The maximum Gasteiger partial charge on any atom is 0.472 e. The second-order valence-electron chi connectivity index (χ2n) is 26.3. The van der Waals surface area contributed by atoms with Gasteiger partial charge in [0.25, 0.3) is 0 Å². The Bertz CT molecular complexity index is 2270. The van der Waals surface area contributed by atoms with E-state index < -0.39 is 97.5 Å². The monoisotopic (exact) mass is 1450 g/mol. The number of aliphatic hydroxyl groups excluding tert-OH is 1. The molecule has 5 unspecified atom stereocenters. The van der Waals surface area contributed by atoms with Crippen molar-refractivity contribution in [1.29, 1.82) is 0 Å². The van der Waals surface area contributed by atoms with Gasteiger partial charge < -0.3 is 33.8 Å². The van der Waals surface area contributed by atoms with Crippen molar-refractivity contribution in [2.75, 3.05) is 39.6 Å². The Morgan fingerprint density at radius 3 is 0.870 bits per heavy atom. The topological polar surface area (TPSA) is 237 Å². The molecule has 5 atom stereocenters. The zero-order chi connectivity index (χ0) is 73.2. The normalized spacial score (nSPS) is 14.4. The minimum absolute atomic E-state index is 0.0764. The third-order valence-corrected chi connectivity index (χ3v) is 18.4. The van der Waals surface area contributed by atoms with E-state index in [1.807, 2.05) is 0 Å². The van der Waals surface area contributed by atoms with Gasteiger partial charge in [0.1, 0.15) is 19.3 Å². The standard InChI is InChI=1S/C81H142O17P2/c1-5-9-13-17-21-25-29-33-36-37-40-43-46-50-54-58-62-66-79(84)92-72-77(98-81(86)68-64-60-56-52-48-44-39-35-31-27-23-19-15-11-7-3)74-96-100(89,90)94-70-75(82)69-93-99(87,88)95-73-76(97-80(85)67-63-59-55-51-47-41-32-28-24-20-16-12-8-4)71-91-78(83)65-61-57-53-49-45-42-38-34-30-26-22-18-14-10-6-2/h9,13,16,20-21,23,25,27-28,32-36,38-39,75-77,82H,5-8,10-12,14-15,17-19,22,24,26,29-31,37,40-74H2,1-4H3,(H,87,88)(H,89,90)/b13-9-,20-16-,25-21-,27-23-,32-28-,36-33-,38-34-,39-35-. The van der Waals surface area contributed by atoms with Gasteiger partial charge in [0.2, 0.25) is 0 Å². The van der Waals surface area contributed by atoms with E-state index >= 15 is 0 Å². The average molecular weight is 1450 g/mol. The SMILES string of the molecule is CC/C=C\C/C=C\C/C=C\CCCCCCCCCC(=O)OCC(COP(=O)(O)OCC(O)COP(=O)(O)OCC(COC(=O)CCCCCCC/C=C\CCCCCCCC)OC(=O)CCCCCCC/C=C\C/C=C\CCC)OC(=O)CCCCCCC/C=C\C/C=C\CCCCC. The number of carbonyl (C=O) groups is 4. The first-order chi connectivity index (χ1) is 48.7. The van der Waals surface area contributed by atoms with Gasteiger partial charge in [-0.25, -0.2) is 9.13 Å². The van der Waals surface area contributed by atoms with Gasteiger partial charge in [-0.05, 0) is 141 Å². The van der Waals surface area contributed by atoms with Crippen LogP contribution in [0.2, 0.25) is 0 Å². The highest BCUT2D eigenvalue weighted by Crippen LogP contribution is 2.45. The smallest absolute Gasteiger partial charge is 0.462 e. The number of esters is 4. The molecule has 0 fully saturated rings. The fourth-order valence-corrected chi connectivity index (χ4v) is 12.1. The molecule has 0 radical (unpaired) electrons. The Morgan fingerprint density at radius 2 is 0.540 bits per heavy atom. The summed E-state index contributed by atoms with van der Waals surface area (Å²) in [7, 11) is -9.96. The summed E-state index contributed by atoms with van der Waals surface area (Å²) in [5.74, 6) is -2.21. The van der Waals surface area contributed by atoms with E-state index in [1.54, 1.807) is 0 Å². The van der Waals surface area contributed by atoms with Crippen molar-refractivity contribution >= 4 is 39.5 Å². The van der Waals surface area contributed by atoms with Crippen LogP contribution in [0.15, 0.2) is 97.2 Å². The summed E-state index contributed by atoms with van der Waals surface area (Å²) in [5.41, 5.74) is 0. The van der Waals surface area contributed by atoms with E-state index in [1.165, 1.54) is 57.8 Å². The van der Waals surface area contributed by atoms with E-state index in [2.05, 4.69) is 125 Å². The number of hydrogen-bond acceptors (Lipinski definition) is 15. The molecule has 578 valence electrons. The summed E-state index contributed by atoms with van der Waals surface area (Å²) in [5, 5.41) is 10.6. The predicted octanol–water partition coefficient (Wildman–Crippen LogP) is 22.8. The third-order valence-electron chi connectivity index (χ3n) is 16.5. The maximum atomic E-state index is 13.1. The molecule has 0 aromatic heterocycles. The first-order valence-electron chi connectivity index (χ1n) is 39.5. The van der Waals surface area contributed by atoms with E-state index in [0.717, 1.165) is 199 Å². The minimum atomic E-state index is -4.98. The molecule has 0 aromatic rings. The van der Waals surface area contributed by atoms with Crippen LogP contribution in [-0.4, -0.2) is 96.7 Å². The van der Waals surface area contributed by atoms with Gasteiger partial charge >= 0.3 is 39.5 Å². The Hall–Kier alpha value is -4.02. The number of phosphoric ester groups is 2. The molecule has 0 rings (SSSR count). The largest absolute Gasteiger partial charge is 0.472 e. The molecule has 3 N–H and O–H groups in total. The fourth-order valence-electron chi connectivity index (χ4n) is 10.5. The second-order valence-corrected chi connectivity index (χ2v) is 29.2. The highest BCUT2D eigenvalue weighted by atomic mass is 31.2. The van der Waals surface area contributed by atoms with Crippen molar-refractivity contribution in [2.24, 2.45) is 0 Å². The Morgan fingerprint density at radius 1 is 0.290 bits per heavy atom. The van der Waals surface area contributed by atoms with Gasteiger partial charge in [-0.2, -0.15) is 0 Å². The number of rotatable bonds is 74. The zero-order valence-electron chi connectivity index (χ0n) is 63.1. The van der Waals surface area contributed by atoms with Gasteiger partial charge in [-0.15, -0.1) is 0 Å². The number of phosphoric acid groups is 2. The van der Waals surface area contributed by atoms with Crippen LogP contribution < -0.4 is 0 Å². The third kappa shape index (κ3) is 72.3. The highest BCUT2D eigenvalue weighted by Gasteiger charge is 2.30. The van der Waals surface area contributed by atoms with Crippen molar-refractivity contribution in [1.82, 2.24) is 0 Å². The molecular formula is C81H142O17P2. The van der Waals surface area contributed by atoms with Crippen LogP contribution in [0, 0.1) is 0 Å². The van der Waals surface area contributed by atoms with Gasteiger partial charge in [0, 0.05) is 25.7 Å². The van der Waals surface area contributed by atoms with Crippen molar-refractivity contribution in [3.63, 3.8) is 0 Å². The van der Waals surface area contributed by atoms with Gasteiger partial charge in [-0.3, -0.25) is 37.3 Å². The molecule has 100 heavy (non-hydrogen) atoms. The van der Waals surface area contributed by atoms with E-state index in [-0.39, 0.29) is 25.7 Å². The second kappa shape index (κ2) is 73.3. The van der Waals surface area contributed by atoms with Gasteiger partial charge in [-0.1, -0.05) is 266 Å². The lowest BCUT2D eigenvalue weighted by Gasteiger charge is -2.21. The number of allylic oxidation sites excluding steroid dienone is 16. The maximum absolute atomic E-state index is 13.1. The predicted molar refractivity (Wildman–Crippen MR) is 409 cm³/mol. The summed E-state index contributed by atoms with van der Waals surface area (Å²) in [4.78, 5) is 72.9. The zero-order valence-corrected chi connectivity index (χ0v) is 64.9. The number of unbranched alkanes of at least 4 members (excludes halogenated alkanes) is 32. The van der Waals surface area contributed by atoms with Crippen LogP contribution in [0.25, 0.3) is 0 Å². The molecule has 0 aliphatic carbocycles. The molecule has 17 nitrogen and oxygen atoms in total. The molecule has 19 heteroatoms. The molecular weight excluding hydrogens is 1310 g/mol. The lowest BCUT2D eigenvalue weighted by molar-refractivity contribution is -0.161. The van der Waals surface area contributed by atoms with E-state index in [9.17, 15) is 43.2 Å². The summed E-state index contributed by atoms with van der Waals surface area (Å²) >= 11 is 0. The fraction of sp³-hybridized carbons (Fsp3) is 0.753. The van der Waals surface area contributed by atoms with E-state index in [4.69, 9.17) is 37.0 Å². The van der Waals surface area contributed by atoms with Crippen LogP contribution >= 0.6 is 15.6 Å². The molecule has 0 saturated carbocycles. The Balaban J connectivity index is 5.36. The average Bonchev–Trinajstić information content (AvgIpc) is 1.06. The van der Waals surface area contributed by atoms with Crippen LogP contribution in [-0.2, 0) is 65.4 Å².